The van der Waals surface area contributed by atoms with Crippen molar-refractivity contribution in [3.63, 3.8) is 0 Å². The Kier molecular flexibility index (Phi) is 6.72. The first-order valence-electron chi connectivity index (χ1n) is 15.3. The van der Waals surface area contributed by atoms with Crippen molar-refractivity contribution in [3.8, 4) is 16.9 Å². The molecule has 7 rings (SSSR count). The molecule has 0 spiro atoms. The van der Waals surface area contributed by atoms with E-state index in [2.05, 4.69) is 42.5 Å². The van der Waals surface area contributed by atoms with Crippen LogP contribution in [0.5, 0.6) is 0 Å². The van der Waals surface area contributed by atoms with E-state index in [1.165, 1.54) is 28.8 Å². The van der Waals surface area contributed by atoms with E-state index >= 15 is 8.78 Å². The second-order valence-corrected chi connectivity index (χ2v) is 12.8. The Morgan fingerprint density at radius 2 is 1.70 bits per heavy atom. The highest BCUT2D eigenvalue weighted by Gasteiger charge is 2.37. The standard InChI is InChI=1S/C33H37F2N7O/c1-17(2)40-15-19(4)41(16-18(40)3)31-23-14-25(35)29(27-24(34)6-5-7-26(27)36)38-32(23)42(33(43)39-31)30-22(20-8-9-20)12-13-37-28(30)21-10-11-21/h5-7,12-14,17-21H,8-11,15-16,36H2,1-4H3. The molecule has 1 aliphatic heterocycles. The molecule has 2 unspecified atom stereocenters. The van der Waals surface area contributed by atoms with Gasteiger partial charge >= 0.3 is 5.69 Å². The van der Waals surface area contributed by atoms with Crippen LogP contribution in [0.15, 0.2) is 41.3 Å². The molecule has 4 aromatic rings. The third-order valence-corrected chi connectivity index (χ3v) is 9.24. The van der Waals surface area contributed by atoms with Crippen molar-refractivity contribution < 1.29 is 8.78 Å². The summed E-state index contributed by atoms with van der Waals surface area (Å²) in [6.45, 7) is 9.97. The van der Waals surface area contributed by atoms with Gasteiger partial charge in [0.15, 0.2) is 11.5 Å². The number of rotatable bonds is 6. The Bertz CT molecular complexity index is 1750. The number of halogens is 2. The fourth-order valence-electron chi connectivity index (χ4n) is 6.77. The molecule has 10 heteroatoms. The normalized spacial score (nSPS) is 21.2. The van der Waals surface area contributed by atoms with Crippen molar-refractivity contribution >= 4 is 22.5 Å². The maximum atomic E-state index is 16.1. The second kappa shape index (κ2) is 10.4. The van der Waals surface area contributed by atoms with Crippen LogP contribution in [0.2, 0.25) is 0 Å². The summed E-state index contributed by atoms with van der Waals surface area (Å²) in [6, 6.07) is 8.10. The van der Waals surface area contributed by atoms with Crippen LogP contribution in [-0.4, -0.2) is 55.6 Å². The van der Waals surface area contributed by atoms with Gasteiger partial charge in [0.05, 0.1) is 22.3 Å². The lowest BCUT2D eigenvalue weighted by Gasteiger charge is -2.46. The molecule has 2 aliphatic carbocycles. The number of hydrogen-bond acceptors (Lipinski definition) is 7. The van der Waals surface area contributed by atoms with Crippen molar-refractivity contribution in [3.05, 3.63) is 69.9 Å². The first kappa shape index (κ1) is 27.9. The van der Waals surface area contributed by atoms with E-state index in [-0.39, 0.29) is 40.6 Å². The quantitative estimate of drug-likeness (QED) is 0.288. The first-order chi connectivity index (χ1) is 20.6. The summed E-state index contributed by atoms with van der Waals surface area (Å²) in [7, 11) is 0. The molecule has 3 aromatic heterocycles. The van der Waals surface area contributed by atoms with Gasteiger partial charge < -0.3 is 10.6 Å². The molecular formula is C33H37F2N7O. The van der Waals surface area contributed by atoms with Crippen molar-refractivity contribution in [2.24, 2.45) is 0 Å². The minimum atomic E-state index is -0.727. The molecule has 0 amide bonds. The molecule has 43 heavy (non-hydrogen) atoms. The Labute approximate surface area is 249 Å². The van der Waals surface area contributed by atoms with Gasteiger partial charge in [-0.15, -0.1) is 0 Å². The zero-order valence-corrected chi connectivity index (χ0v) is 25.0. The smallest absolute Gasteiger partial charge is 0.355 e. The van der Waals surface area contributed by atoms with Gasteiger partial charge in [-0.2, -0.15) is 4.98 Å². The van der Waals surface area contributed by atoms with Crippen LogP contribution in [0.1, 0.15) is 76.5 Å². The van der Waals surface area contributed by atoms with Crippen molar-refractivity contribution in [1.82, 2.24) is 24.4 Å². The van der Waals surface area contributed by atoms with E-state index in [0.717, 1.165) is 43.5 Å². The maximum absolute atomic E-state index is 16.1. The SMILES string of the molecule is CC1CN(C(C)C)C(C)CN1c1nc(=O)n(-c2c(C3CC3)ccnc2C2CC2)c2nc(-c3c(N)cccc3F)c(F)cc12. The molecule has 2 saturated carbocycles. The zero-order chi connectivity index (χ0) is 30.2. The van der Waals surface area contributed by atoms with Crippen molar-refractivity contribution in [2.45, 2.75) is 83.3 Å². The van der Waals surface area contributed by atoms with Crippen LogP contribution in [0.25, 0.3) is 28.0 Å². The summed E-state index contributed by atoms with van der Waals surface area (Å²) >= 11 is 0. The Hall–Kier alpha value is -3.92. The van der Waals surface area contributed by atoms with Gasteiger partial charge in [0, 0.05) is 49.0 Å². The summed E-state index contributed by atoms with van der Waals surface area (Å²) in [6.07, 6.45) is 5.83. The van der Waals surface area contributed by atoms with Crippen LogP contribution < -0.4 is 16.3 Å². The summed E-state index contributed by atoms with van der Waals surface area (Å²) in [5.74, 6) is -0.468. The average Bonchev–Trinajstić information content (AvgIpc) is 3.88. The molecule has 0 bridgehead atoms. The monoisotopic (exact) mass is 585 g/mol. The third-order valence-electron chi connectivity index (χ3n) is 9.24. The summed E-state index contributed by atoms with van der Waals surface area (Å²) < 4.78 is 32.7. The Morgan fingerprint density at radius 1 is 0.953 bits per heavy atom. The number of anilines is 2. The molecule has 2 N–H and O–H groups in total. The van der Waals surface area contributed by atoms with Crippen LogP contribution in [0, 0.1) is 11.6 Å². The zero-order valence-electron chi connectivity index (χ0n) is 25.0. The van der Waals surface area contributed by atoms with Gasteiger partial charge in [-0.1, -0.05) is 6.07 Å². The predicted molar refractivity (Wildman–Crippen MR) is 165 cm³/mol. The lowest BCUT2D eigenvalue weighted by atomic mass is 10.0. The van der Waals surface area contributed by atoms with Crippen LogP contribution in [-0.2, 0) is 0 Å². The predicted octanol–water partition coefficient (Wildman–Crippen LogP) is 5.77. The lowest BCUT2D eigenvalue weighted by Crippen LogP contribution is -2.58. The fourth-order valence-corrected chi connectivity index (χ4v) is 6.77. The number of hydrogen-bond donors (Lipinski definition) is 1. The minimum Gasteiger partial charge on any atom is -0.398 e. The maximum Gasteiger partial charge on any atom is 0.355 e. The molecule has 1 aromatic carbocycles. The number of benzene rings is 1. The molecule has 1 saturated heterocycles. The van der Waals surface area contributed by atoms with Crippen LogP contribution in [0.3, 0.4) is 0 Å². The second-order valence-electron chi connectivity index (χ2n) is 12.8. The number of pyridine rings is 2. The van der Waals surface area contributed by atoms with Gasteiger partial charge in [-0.25, -0.2) is 23.1 Å². The van der Waals surface area contributed by atoms with Gasteiger partial charge in [0.2, 0.25) is 0 Å². The largest absolute Gasteiger partial charge is 0.398 e. The molecule has 3 aliphatic rings. The highest BCUT2D eigenvalue weighted by atomic mass is 19.1. The van der Waals surface area contributed by atoms with Crippen molar-refractivity contribution in [2.75, 3.05) is 23.7 Å². The Morgan fingerprint density at radius 3 is 2.37 bits per heavy atom. The highest BCUT2D eigenvalue weighted by Crippen LogP contribution is 2.48. The molecule has 3 fully saturated rings. The van der Waals surface area contributed by atoms with Gasteiger partial charge in [-0.05, 0) is 89.1 Å². The number of fused-ring (bicyclic) bond motifs is 1. The highest BCUT2D eigenvalue weighted by molar-refractivity contribution is 5.91. The summed E-state index contributed by atoms with van der Waals surface area (Å²) in [5.41, 5.74) is 8.16. The van der Waals surface area contributed by atoms with Crippen LogP contribution in [0.4, 0.5) is 20.3 Å². The number of nitrogens with two attached hydrogens (primary N) is 1. The number of piperazine rings is 1. The molecular weight excluding hydrogens is 548 g/mol. The van der Waals surface area contributed by atoms with E-state index in [0.29, 0.717) is 35.4 Å². The molecule has 4 heterocycles. The first-order valence-corrected chi connectivity index (χ1v) is 15.3. The topological polar surface area (TPSA) is 93.2 Å². The molecule has 8 nitrogen and oxygen atoms in total. The minimum absolute atomic E-state index is 0.0111. The van der Waals surface area contributed by atoms with E-state index in [4.69, 9.17) is 15.7 Å². The van der Waals surface area contributed by atoms with Gasteiger partial charge in [-0.3, -0.25) is 9.88 Å². The van der Waals surface area contributed by atoms with Gasteiger partial charge in [0.1, 0.15) is 17.3 Å². The van der Waals surface area contributed by atoms with E-state index < -0.39 is 17.3 Å². The van der Waals surface area contributed by atoms with Crippen LogP contribution >= 0.6 is 0 Å². The molecule has 224 valence electrons. The summed E-state index contributed by atoms with van der Waals surface area (Å²) in [4.78, 5) is 32.9. The fraction of sp³-hybridized carbons (Fsp3) is 0.455. The Balaban J connectivity index is 1.52. The molecule has 2 atom stereocenters. The lowest BCUT2D eigenvalue weighted by molar-refractivity contribution is 0.128. The van der Waals surface area contributed by atoms with E-state index in [1.54, 1.807) is 0 Å². The average molecular weight is 586 g/mol. The van der Waals surface area contributed by atoms with Crippen molar-refractivity contribution in [1.29, 1.82) is 0 Å². The molecule has 0 radical (unpaired) electrons. The van der Waals surface area contributed by atoms with Gasteiger partial charge in [0.25, 0.3) is 0 Å². The number of aromatic nitrogens is 4. The number of nitrogens with zero attached hydrogens (tertiary/aromatic N) is 6. The van der Waals surface area contributed by atoms with E-state index in [1.807, 2.05) is 12.3 Å². The third kappa shape index (κ3) is 4.76. The van der Waals surface area contributed by atoms with E-state index in [9.17, 15) is 4.79 Å². The summed E-state index contributed by atoms with van der Waals surface area (Å²) in [5, 5.41) is 0.403. The number of nitrogen functional groups attached to an aromatic ring is 1.